The molecule has 4 nitrogen and oxygen atoms in total. The van der Waals surface area contributed by atoms with Crippen LogP contribution >= 0.6 is 15.9 Å². The number of rotatable bonds is 3. The number of benzene rings is 1. The van der Waals surface area contributed by atoms with Gasteiger partial charge in [0.05, 0.1) is 5.92 Å². The molecule has 1 aliphatic rings. The molecule has 1 amide bonds. The molecule has 0 aliphatic carbocycles. The molecule has 110 valence electrons. The molecule has 0 radical (unpaired) electrons. The minimum Gasteiger partial charge on any atom is -0.326 e. The van der Waals surface area contributed by atoms with E-state index in [0.29, 0.717) is 6.54 Å². The molecule has 1 heterocycles. The van der Waals surface area contributed by atoms with Gasteiger partial charge in [0.25, 0.3) is 0 Å². The lowest BCUT2D eigenvalue weighted by molar-refractivity contribution is -0.120. The highest BCUT2D eigenvalue weighted by atomic mass is 79.9. The Balaban J connectivity index is 2.02. The molecule has 2 unspecified atom stereocenters. The fourth-order valence-corrected chi connectivity index (χ4v) is 3.73. The highest BCUT2D eigenvalue weighted by Crippen LogP contribution is 2.21. The van der Waals surface area contributed by atoms with E-state index >= 15 is 0 Å². The predicted octanol–water partition coefficient (Wildman–Crippen LogP) is 2.36. The fourth-order valence-electron chi connectivity index (χ4n) is 2.32. The zero-order chi connectivity index (χ0) is 14.8. The lowest BCUT2D eigenvalue weighted by Crippen LogP contribution is -2.43. The van der Waals surface area contributed by atoms with Crippen molar-refractivity contribution >= 4 is 43.1 Å². The lowest BCUT2D eigenvalue weighted by Gasteiger charge is -2.32. The summed E-state index contributed by atoms with van der Waals surface area (Å²) in [5.41, 5.74) is 0.772. The fraction of sp³-hybridized carbons (Fsp3) is 0.429. The number of carbonyl (C=O) groups is 1. The quantitative estimate of drug-likeness (QED) is 0.843. The number of halogens is 1. The van der Waals surface area contributed by atoms with Crippen molar-refractivity contribution in [2.45, 2.75) is 12.8 Å². The molecule has 0 aromatic heterocycles. The van der Waals surface area contributed by atoms with E-state index in [1.165, 1.54) is 0 Å². The maximum Gasteiger partial charge on any atom is 0.228 e. The minimum absolute atomic E-state index is 0.0172. The molecular formula is C14H19BrN2O2S. The first-order chi connectivity index (χ1) is 9.36. The Bertz CT molecular complexity index is 601. The Labute approximate surface area is 128 Å². The van der Waals surface area contributed by atoms with Crippen molar-refractivity contribution in [2.24, 2.45) is 5.92 Å². The summed E-state index contributed by atoms with van der Waals surface area (Å²) in [6, 6.07) is 7.51. The topological polar surface area (TPSA) is 49.4 Å². The number of hydrogen-bond donors (Lipinski definition) is 1. The van der Waals surface area contributed by atoms with Gasteiger partial charge in [-0.3, -0.25) is 9.00 Å². The number of anilines is 1. The SMILES string of the molecule is C=S(C)(=O)N1CCCC(C(=O)Nc2cccc(Br)c2)C1. The molecule has 1 aromatic rings. The number of hydrogen-bond acceptors (Lipinski definition) is 2. The lowest BCUT2D eigenvalue weighted by atomic mass is 9.99. The number of amides is 1. The van der Waals surface area contributed by atoms with Crippen molar-refractivity contribution < 1.29 is 9.00 Å². The minimum atomic E-state index is -2.23. The van der Waals surface area contributed by atoms with E-state index in [-0.39, 0.29) is 11.8 Å². The normalized spacial score (nSPS) is 23.0. The largest absolute Gasteiger partial charge is 0.326 e. The van der Waals surface area contributed by atoms with Crippen LogP contribution in [-0.4, -0.2) is 39.6 Å². The molecular weight excluding hydrogens is 340 g/mol. The smallest absolute Gasteiger partial charge is 0.228 e. The summed E-state index contributed by atoms with van der Waals surface area (Å²) in [5.74, 6) is 3.55. The summed E-state index contributed by atoms with van der Waals surface area (Å²) in [7, 11) is -2.23. The van der Waals surface area contributed by atoms with Gasteiger partial charge in [0.2, 0.25) is 5.91 Å². The molecule has 1 N–H and O–H groups in total. The highest BCUT2D eigenvalue weighted by Gasteiger charge is 2.28. The van der Waals surface area contributed by atoms with Gasteiger partial charge in [-0.1, -0.05) is 22.0 Å². The third-order valence-corrected chi connectivity index (χ3v) is 5.31. The van der Waals surface area contributed by atoms with E-state index in [4.69, 9.17) is 0 Å². The second-order valence-corrected chi connectivity index (χ2v) is 8.54. The Morgan fingerprint density at radius 3 is 2.95 bits per heavy atom. The van der Waals surface area contributed by atoms with Crippen LogP contribution in [0.1, 0.15) is 12.8 Å². The summed E-state index contributed by atoms with van der Waals surface area (Å²) in [4.78, 5) is 12.3. The maximum absolute atomic E-state index is 12.3. The monoisotopic (exact) mass is 358 g/mol. The van der Waals surface area contributed by atoms with E-state index in [9.17, 15) is 9.00 Å². The summed E-state index contributed by atoms with van der Waals surface area (Å²) in [6.07, 6.45) is 3.32. The van der Waals surface area contributed by atoms with Gasteiger partial charge in [0.1, 0.15) is 0 Å². The second-order valence-electron chi connectivity index (χ2n) is 5.19. The Hall–Kier alpha value is -0.850. The maximum atomic E-state index is 12.3. The van der Waals surface area contributed by atoms with E-state index in [0.717, 1.165) is 29.5 Å². The van der Waals surface area contributed by atoms with Gasteiger partial charge in [-0.05, 0) is 36.9 Å². The number of piperidine rings is 1. The zero-order valence-corrected chi connectivity index (χ0v) is 13.9. The van der Waals surface area contributed by atoms with Gasteiger partial charge < -0.3 is 5.32 Å². The van der Waals surface area contributed by atoms with Crippen LogP contribution in [0.3, 0.4) is 0 Å². The molecule has 0 saturated carbocycles. The van der Waals surface area contributed by atoms with Crippen LogP contribution in [0.2, 0.25) is 0 Å². The van der Waals surface area contributed by atoms with Crippen LogP contribution < -0.4 is 5.32 Å². The Morgan fingerprint density at radius 1 is 1.55 bits per heavy atom. The second kappa shape index (κ2) is 6.28. The predicted molar refractivity (Wildman–Crippen MR) is 88.3 cm³/mol. The molecule has 1 aromatic carbocycles. The van der Waals surface area contributed by atoms with Gasteiger partial charge >= 0.3 is 0 Å². The average Bonchev–Trinajstić information content (AvgIpc) is 2.38. The summed E-state index contributed by atoms with van der Waals surface area (Å²) < 4.78 is 14.7. The highest BCUT2D eigenvalue weighted by molar-refractivity contribution is 9.10. The van der Waals surface area contributed by atoms with Gasteiger partial charge in [0, 0.05) is 39.2 Å². The van der Waals surface area contributed by atoms with Crippen LogP contribution in [-0.2, 0) is 14.5 Å². The van der Waals surface area contributed by atoms with E-state index in [2.05, 4.69) is 27.1 Å². The van der Waals surface area contributed by atoms with Crippen LogP contribution in [0.5, 0.6) is 0 Å². The first-order valence-electron chi connectivity index (χ1n) is 6.50. The van der Waals surface area contributed by atoms with Crippen molar-refractivity contribution in [3.05, 3.63) is 28.7 Å². The van der Waals surface area contributed by atoms with Crippen molar-refractivity contribution in [2.75, 3.05) is 24.7 Å². The van der Waals surface area contributed by atoms with Gasteiger partial charge in [-0.2, -0.15) is 0 Å². The van der Waals surface area contributed by atoms with Crippen LogP contribution in [0.4, 0.5) is 5.69 Å². The molecule has 2 rings (SSSR count). The molecule has 6 heteroatoms. The summed E-state index contributed by atoms with van der Waals surface area (Å²) in [6.45, 7) is 1.26. The molecule has 2 atom stereocenters. The van der Waals surface area contributed by atoms with E-state index in [1.807, 2.05) is 28.6 Å². The first-order valence-corrected chi connectivity index (χ1v) is 9.38. The Morgan fingerprint density at radius 2 is 2.30 bits per heavy atom. The van der Waals surface area contributed by atoms with Gasteiger partial charge in [-0.15, -0.1) is 0 Å². The van der Waals surface area contributed by atoms with Crippen molar-refractivity contribution in [3.63, 3.8) is 0 Å². The third-order valence-electron chi connectivity index (χ3n) is 3.39. The van der Waals surface area contributed by atoms with Crippen LogP contribution in [0, 0.1) is 5.92 Å². The molecule has 20 heavy (non-hydrogen) atoms. The number of nitrogens with zero attached hydrogens (tertiary/aromatic N) is 1. The van der Waals surface area contributed by atoms with Crippen LogP contribution in [0.25, 0.3) is 0 Å². The molecule has 1 aliphatic heterocycles. The molecule has 1 saturated heterocycles. The third kappa shape index (κ3) is 4.07. The number of carbonyl (C=O) groups excluding carboxylic acids is 1. The van der Waals surface area contributed by atoms with Gasteiger partial charge in [-0.25, -0.2) is 4.31 Å². The molecule has 0 spiro atoms. The molecule has 0 bridgehead atoms. The van der Waals surface area contributed by atoms with E-state index in [1.54, 1.807) is 6.26 Å². The zero-order valence-electron chi connectivity index (χ0n) is 11.5. The summed E-state index contributed by atoms with van der Waals surface area (Å²) >= 11 is 3.38. The first kappa shape index (κ1) is 15.5. The van der Waals surface area contributed by atoms with Crippen LogP contribution in [0.15, 0.2) is 28.7 Å². The Kier molecular flexibility index (Phi) is 4.88. The number of nitrogens with one attached hydrogen (secondary N) is 1. The van der Waals surface area contributed by atoms with Gasteiger partial charge in [0.15, 0.2) is 0 Å². The van der Waals surface area contributed by atoms with E-state index < -0.39 is 9.71 Å². The average molecular weight is 359 g/mol. The van der Waals surface area contributed by atoms with Crippen molar-refractivity contribution in [3.8, 4) is 0 Å². The van der Waals surface area contributed by atoms with Crippen molar-refractivity contribution in [1.82, 2.24) is 4.31 Å². The summed E-state index contributed by atoms with van der Waals surface area (Å²) in [5, 5.41) is 2.92. The standard InChI is InChI=1S/C14H19BrN2O2S/c1-20(2,19)17-8-4-5-11(10-17)14(18)16-13-7-3-6-12(15)9-13/h3,6-7,9,11H,1,4-5,8,10H2,2H3,(H,16,18). The molecule has 1 fully saturated rings. The van der Waals surface area contributed by atoms with Crippen molar-refractivity contribution in [1.29, 1.82) is 0 Å².